The van der Waals surface area contributed by atoms with Crippen LogP contribution in [0.25, 0.3) is 0 Å². The van der Waals surface area contributed by atoms with Crippen LogP contribution in [0.3, 0.4) is 0 Å². The fourth-order valence-electron chi connectivity index (χ4n) is 1.33. The molecule has 0 amide bonds. The number of halogens is 1. The molecule has 0 aliphatic rings. The van der Waals surface area contributed by atoms with Crippen LogP contribution in [0.15, 0.2) is 24.3 Å². The maximum Gasteiger partial charge on any atom is 0.123 e. The zero-order valence-electron chi connectivity index (χ0n) is 9.97. The highest BCUT2D eigenvalue weighted by atomic mass is 19.1. The summed E-state index contributed by atoms with van der Waals surface area (Å²) < 4.78 is 12.7. The maximum absolute atomic E-state index is 12.7. The van der Waals surface area contributed by atoms with Crippen LogP contribution in [-0.2, 0) is 0 Å². The fourth-order valence-corrected chi connectivity index (χ4v) is 1.33. The molecule has 15 heavy (non-hydrogen) atoms. The van der Waals surface area contributed by atoms with Crippen LogP contribution >= 0.6 is 0 Å². The van der Waals surface area contributed by atoms with Crippen molar-refractivity contribution >= 4 is 0 Å². The summed E-state index contributed by atoms with van der Waals surface area (Å²) in [5.41, 5.74) is 1.40. The van der Waals surface area contributed by atoms with E-state index < -0.39 is 0 Å². The highest BCUT2D eigenvalue weighted by Crippen LogP contribution is 2.16. The minimum atomic E-state index is -0.179. The second-order valence-electron chi connectivity index (χ2n) is 5.21. The molecular weight excluding hydrogens is 189 g/mol. The minimum absolute atomic E-state index is 0.179. The molecule has 1 rings (SSSR count). The molecule has 0 radical (unpaired) electrons. The number of benzene rings is 1. The third-order valence-electron chi connectivity index (χ3n) is 2.31. The standard InChI is InChI=1S/C13H20FN/c1-10(15-9-13(2,3)4)11-5-7-12(14)8-6-11/h5-8,10,15H,9H2,1-4H3/t10-/m1/s1. The molecule has 1 N–H and O–H groups in total. The van der Waals surface area contributed by atoms with E-state index in [1.54, 1.807) is 0 Å². The molecule has 0 spiro atoms. The zero-order chi connectivity index (χ0) is 11.5. The molecule has 1 atom stereocenters. The molecule has 0 saturated heterocycles. The van der Waals surface area contributed by atoms with Crippen LogP contribution in [0.1, 0.15) is 39.3 Å². The number of hydrogen-bond donors (Lipinski definition) is 1. The molecule has 0 saturated carbocycles. The second kappa shape index (κ2) is 4.75. The summed E-state index contributed by atoms with van der Waals surface area (Å²) in [4.78, 5) is 0. The molecule has 0 aromatic heterocycles. The van der Waals surface area contributed by atoms with E-state index in [0.29, 0.717) is 0 Å². The van der Waals surface area contributed by atoms with Gasteiger partial charge in [-0.15, -0.1) is 0 Å². The Balaban J connectivity index is 2.54. The van der Waals surface area contributed by atoms with E-state index in [4.69, 9.17) is 0 Å². The summed E-state index contributed by atoms with van der Waals surface area (Å²) in [6, 6.07) is 6.94. The molecule has 0 heterocycles. The SMILES string of the molecule is C[C@@H](NCC(C)(C)C)c1ccc(F)cc1. The predicted octanol–water partition coefficient (Wildman–Crippen LogP) is 3.52. The van der Waals surface area contributed by atoms with Crippen molar-refractivity contribution in [2.45, 2.75) is 33.7 Å². The normalized spacial score (nSPS) is 13.9. The van der Waals surface area contributed by atoms with Crippen LogP contribution in [0.2, 0.25) is 0 Å². The Morgan fingerprint density at radius 3 is 2.20 bits per heavy atom. The fraction of sp³-hybridized carbons (Fsp3) is 0.538. The van der Waals surface area contributed by atoms with E-state index in [-0.39, 0.29) is 17.3 Å². The first-order valence-corrected chi connectivity index (χ1v) is 5.37. The third kappa shape index (κ3) is 4.43. The van der Waals surface area contributed by atoms with Gasteiger partial charge in [0.2, 0.25) is 0 Å². The highest BCUT2D eigenvalue weighted by molar-refractivity contribution is 5.19. The molecule has 1 aromatic rings. The van der Waals surface area contributed by atoms with Gasteiger partial charge in [0.15, 0.2) is 0 Å². The molecule has 0 bridgehead atoms. The van der Waals surface area contributed by atoms with Gasteiger partial charge in [-0.3, -0.25) is 0 Å². The molecule has 1 nitrogen and oxygen atoms in total. The van der Waals surface area contributed by atoms with Crippen molar-refractivity contribution in [2.24, 2.45) is 5.41 Å². The smallest absolute Gasteiger partial charge is 0.123 e. The van der Waals surface area contributed by atoms with Crippen molar-refractivity contribution in [1.82, 2.24) is 5.32 Å². The molecule has 0 aliphatic heterocycles. The van der Waals surface area contributed by atoms with Gasteiger partial charge in [-0.2, -0.15) is 0 Å². The lowest BCUT2D eigenvalue weighted by molar-refractivity contribution is 0.359. The van der Waals surface area contributed by atoms with Gasteiger partial charge in [-0.1, -0.05) is 32.9 Å². The van der Waals surface area contributed by atoms with Gasteiger partial charge < -0.3 is 5.32 Å². The maximum atomic E-state index is 12.7. The Bertz CT molecular complexity index is 297. The van der Waals surface area contributed by atoms with Gasteiger partial charge in [-0.25, -0.2) is 4.39 Å². The van der Waals surface area contributed by atoms with E-state index in [0.717, 1.165) is 12.1 Å². The van der Waals surface area contributed by atoms with E-state index in [9.17, 15) is 4.39 Å². The van der Waals surface area contributed by atoms with Crippen LogP contribution < -0.4 is 5.32 Å². The van der Waals surface area contributed by atoms with Gasteiger partial charge in [0.25, 0.3) is 0 Å². The first-order chi connectivity index (χ1) is 6.88. The Labute approximate surface area is 91.7 Å². The van der Waals surface area contributed by atoms with Crippen molar-refractivity contribution in [2.75, 3.05) is 6.54 Å². The summed E-state index contributed by atoms with van der Waals surface area (Å²) >= 11 is 0. The van der Waals surface area contributed by atoms with Crippen LogP contribution in [-0.4, -0.2) is 6.54 Å². The largest absolute Gasteiger partial charge is 0.310 e. The monoisotopic (exact) mass is 209 g/mol. The van der Waals surface area contributed by atoms with Gasteiger partial charge in [-0.05, 0) is 30.0 Å². The summed E-state index contributed by atoms with van der Waals surface area (Å²) in [6.07, 6.45) is 0. The van der Waals surface area contributed by atoms with Crippen molar-refractivity contribution in [3.8, 4) is 0 Å². The average Bonchev–Trinajstić information content (AvgIpc) is 2.14. The molecule has 0 aliphatic carbocycles. The van der Waals surface area contributed by atoms with Gasteiger partial charge in [0.1, 0.15) is 5.82 Å². The third-order valence-corrected chi connectivity index (χ3v) is 2.31. The Hall–Kier alpha value is -0.890. The Morgan fingerprint density at radius 2 is 1.73 bits per heavy atom. The average molecular weight is 209 g/mol. The molecule has 84 valence electrons. The van der Waals surface area contributed by atoms with Crippen molar-refractivity contribution in [1.29, 1.82) is 0 Å². The van der Waals surface area contributed by atoms with Crippen LogP contribution in [0.4, 0.5) is 4.39 Å². The Kier molecular flexibility index (Phi) is 3.86. The lowest BCUT2D eigenvalue weighted by Gasteiger charge is -2.22. The Morgan fingerprint density at radius 1 is 1.20 bits per heavy atom. The lowest BCUT2D eigenvalue weighted by atomic mass is 9.96. The second-order valence-corrected chi connectivity index (χ2v) is 5.21. The van der Waals surface area contributed by atoms with Crippen LogP contribution in [0.5, 0.6) is 0 Å². The van der Waals surface area contributed by atoms with Crippen molar-refractivity contribution in [3.05, 3.63) is 35.6 Å². The summed E-state index contributed by atoms with van der Waals surface area (Å²) in [5, 5.41) is 3.44. The van der Waals surface area contributed by atoms with Crippen molar-refractivity contribution < 1.29 is 4.39 Å². The number of rotatable bonds is 3. The van der Waals surface area contributed by atoms with Crippen molar-refractivity contribution in [3.63, 3.8) is 0 Å². The molecule has 0 unspecified atom stereocenters. The van der Waals surface area contributed by atoms with Crippen LogP contribution in [0, 0.1) is 11.2 Å². The highest BCUT2D eigenvalue weighted by Gasteiger charge is 2.12. The minimum Gasteiger partial charge on any atom is -0.310 e. The van der Waals surface area contributed by atoms with E-state index in [1.807, 2.05) is 12.1 Å². The van der Waals surface area contributed by atoms with E-state index in [2.05, 4.69) is 33.0 Å². The zero-order valence-corrected chi connectivity index (χ0v) is 9.97. The number of hydrogen-bond acceptors (Lipinski definition) is 1. The molecule has 0 fully saturated rings. The molecule has 1 aromatic carbocycles. The van der Waals surface area contributed by atoms with E-state index >= 15 is 0 Å². The summed E-state index contributed by atoms with van der Waals surface area (Å²) in [7, 11) is 0. The van der Waals surface area contributed by atoms with Gasteiger partial charge in [0.05, 0.1) is 0 Å². The lowest BCUT2D eigenvalue weighted by Crippen LogP contribution is -2.29. The quantitative estimate of drug-likeness (QED) is 0.803. The van der Waals surface area contributed by atoms with E-state index in [1.165, 1.54) is 12.1 Å². The first-order valence-electron chi connectivity index (χ1n) is 5.37. The van der Waals surface area contributed by atoms with Gasteiger partial charge >= 0.3 is 0 Å². The molecule has 2 heteroatoms. The number of nitrogens with one attached hydrogen (secondary N) is 1. The first kappa shape index (κ1) is 12.2. The summed E-state index contributed by atoms with van der Waals surface area (Å²) in [6.45, 7) is 9.62. The molecular formula is C13H20FN. The van der Waals surface area contributed by atoms with Gasteiger partial charge in [0, 0.05) is 12.6 Å². The topological polar surface area (TPSA) is 12.0 Å². The predicted molar refractivity (Wildman–Crippen MR) is 62.3 cm³/mol. The summed E-state index contributed by atoms with van der Waals surface area (Å²) in [5.74, 6) is -0.179.